The predicted octanol–water partition coefficient (Wildman–Crippen LogP) is 3.35. The second-order valence-electron chi connectivity index (χ2n) is 4.01. The van der Waals surface area contributed by atoms with Crippen LogP contribution in [0.5, 0.6) is 0 Å². The lowest BCUT2D eigenvalue weighted by Crippen LogP contribution is -2.14. The molecule has 1 N–H and O–H groups in total. The van der Waals surface area contributed by atoms with Crippen molar-refractivity contribution in [3.8, 4) is 0 Å². The Morgan fingerprint density at radius 3 is 2.76 bits per heavy atom. The third-order valence-corrected chi connectivity index (χ3v) is 4.17. The van der Waals surface area contributed by atoms with Gasteiger partial charge in [0.2, 0.25) is 5.91 Å². The summed E-state index contributed by atoms with van der Waals surface area (Å²) in [5.41, 5.74) is 0.285. The normalized spacial score (nSPS) is 10.4. The average molecular weight is 328 g/mol. The summed E-state index contributed by atoms with van der Waals surface area (Å²) in [4.78, 5) is 26.9. The zero-order chi connectivity index (χ0) is 15.4. The molecule has 8 heteroatoms. The predicted molar refractivity (Wildman–Crippen MR) is 77.8 cm³/mol. The zero-order valence-corrected chi connectivity index (χ0v) is 12.5. The van der Waals surface area contributed by atoms with Crippen LogP contribution >= 0.6 is 23.1 Å². The van der Waals surface area contributed by atoms with Crippen molar-refractivity contribution in [2.24, 2.45) is 0 Å². The SMILES string of the molecule is CC(=O)c1csc(NC(=O)CSc2ccc(F)cc2F)n1. The minimum absolute atomic E-state index is 0.0441. The van der Waals surface area contributed by atoms with Gasteiger partial charge in [0.25, 0.3) is 0 Å². The van der Waals surface area contributed by atoms with Gasteiger partial charge in [0.15, 0.2) is 10.9 Å². The van der Waals surface area contributed by atoms with Crippen molar-refractivity contribution in [3.63, 3.8) is 0 Å². The number of hydrogen-bond donors (Lipinski definition) is 1. The largest absolute Gasteiger partial charge is 0.301 e. The van der Waals surface area contributed by atoms with E-state index < -0.39 is 11.6 Å². The molecule has 1 amide bonds. The fourth-order valence-corrected chi connectivity index (χ4v) is 2.87. The van der Waals surface area contributed by atoms with Crippen LogP contribution in [0.15, 0.2) is 28.5 Å². The van der Waals surface area contributed by atoms with Crippen molar-refractivity contribution in [2.45, 2.75) is 11.8 Å². The standard InChI is InChI=1S/C13H10F2N2O2S2/c1-7(18)10-5-21-13(16-10)17-12(19)6-20-11-3-2-8(14)4-9(11)15/h2-5H,6H2,1H3,(H,16,17,19). The lowest BCUT2D eigenvalue weighted by atomic mass is 10.3. The molecular formula is C13H10F2N2O2S2. The zero-order valence-electron chi connectivity index (χ0n) is 10.9. The minimum atomic E-state index is -0.707. The van der Waals surface area contributed by atoms with E-state index in [0.29, 0.717) is 5.13 Å². The van der Waals surface area contributed by atoms with Gasteiger partial charge in [-0.25, -0.2) is 13.8 Å². The van der Waals surface area contributed by atoms with E-state index in [0.717, 1.165) is 35.2 Å². The van der Waals surface area contributed by atoms with Crippen molar-refractivity contribution in [1.29, 1.82) is 0 Å². The van der Waals surface area contributed by atoms with Crippen molar-refractivity contribution in [2.75, 3.05) is 11.1 Å². The van der Waals surface area contributed by atoms with Gasteiger partial charge in [0.1, 0.15) is 17.3 Å². The second kappa shape index (κ2) is 6.77. The molecule has 0 atom stereocenters. The minimum Gasteiger partial charge on any atom is -0.301 e. The average Bonchev–Trinajstić information content (AvgIpc) is 2.86. The molecule has 1 aromatic heterocycles. The third kappa shape index (κ3) is 4.33. The first kappa shape index (κ1) is 15.6. The number of carbonyl (C=O) groups is 2. The number of aromatic nitrogens is 1. The number of nitrogens with one attached hydrogen (secondary N) is 1. The molecule has 0 aliphatic heterocycles. The monoisotopic (exact) mass is 328 g/mol. The number of carbonyl (C=O) groups excluding carboxylic acids is 2. The molecule has 0 unspecified atom stereocenters. The highest BCUT2D eigenvalue weighted by atomic mass is 32.2. The molecule has 0 spiro atoms. The lowest BCUT2D eigenvalue weighted by molar-refractivity contribution is -0.113. The Morgan fingerprint density at radius 1 is 1.38 bits per heavy atom. The molecule has 0 aliphatic rings. The van der Waals surface area contributed by atoms with E-state index in [1.807, 2.05) is 0 Å². The summed E-state index contributed by atoms with van der Waals surface area (Å²) >= 11 is 2.09. The summed E-state index contributed by atoms with van der Waals surface area (Å²) in [5, 5.41) is 4.37. The topological polar surface area (TPSA) is 59.1 Å². The Balaban J connectivity index is 1.91. The highest BCUT2D eigenvalue weighted by Gasteiger charge is 2.11. The quantitative estimate of drug-likeness (QED) is 0.675. The van der Waals surface area contributed by atoms with Crippen LogP contribution < -0.4 is 5.32 Å². The summed E-state index contributed by atoms with van der Waals surface area (Å²) in [5.74, 6) is -1.98. The fraction of sp³-hybridized carbons (Fsp3) is 0.154. The first-order chi connectivity index (χ1) is 9.95. The molecule has 0 radical (unpaired) electrons. The molecule has 2 aromatic rings. The van der Waals surface area contributed by atoms with Crippen LogP contribution in [0, 0.1) is 11.6 Å². The van der Waals surface area contributed by atoms with Gasteiger partial charge in [-0.2, -0.15) is 0 Å². The molecule has 1 heterocycles. The lowest BCUT2D eigenvalue weighted by Gasteiger charge is -2.03. The summed E-state index contributed by atoms with van der Waals surface area (Å²) in [7, 11) is 0. The molecule has 0 saturated heterocycles. The maximum Gasteiger partial charge on any atom is 0.236 e. The van der Waals surface area contributed by atoms with E-state index >= 15 is 0 Å². The van der Waals surface area contributed by atoms with E-state index in [-0.39, 0.29) is 28.0 Å². The van der Waals surface area contributed by atoms with Gasteiger partial charge >= 0.3 is 0 Å². The van der Waals surface area contributed by atoms with Crippen LogP contribution in [0.4, 0.5) is 13.9 Å². The molecule has 21 heavy (non-hydrogen) atoms. The van der Waals surface area contributed by atoms with E-state index in [4.69, 9.17) is 0 Å². The number of hydrogen-bond acceptors (Lipinski definition) is 5. The number of thiazole rings is 1. The maximum atomic E-state index is 13.4. The van der Waals surface area contributed by atoms with Crippen molar-refractivity contribution in [1.82, 2.24) is 4.98 Å². The van der Waals surface area contributed by atoms with Crippen LogP contribution in [-0.4, -0.2) is 22.4 Å². The van der Waals surface area contributed by atoms with E-state index in [1.54, 1.807) is 5.38 Å². The number of ketones is 1. The molecule has 4 nitrogen and oxygen atoms in total. The van der Waals surface area contributed by atoms with Gasteiger partial charge in [-0.3, -0.25) is 9.59 Å². The Bertz CT molecular complexity index is 689. The van der Waals surface area contributed by atoms with Gasteiger partial charge in [-0.1, -0.05) is 0 Å². The second-order valence-corrected chi connectivity index (χ2v) is 5.88. The van der Waals surface area contributed by atoms with Crippen LogP contribution in [0.1, 0.15) is 17.4 Å². The first-order valence-electron chi connectivity index (χ1n) is 5.80. The number of Topliss-reactive ketones (excluding diaryl/α,β-unsaturated/α-hetero) is 1. The van der Waals surface area contributed by atoms with Crippen LogP contribution in [0.3, 0.4) is 0 Å². The summed E-state index contributed by atoms with van der Waals surface area (Å²) in [6.45, 7) is 1.38. The highest BCUT2D eigenvalue weighted by molar-refractivity contribution is 8.00. The molecule has 0 aliphatic carbocycles. The van der Waals surface area contributed by atoms with E-state index in [2.05, 4.69) is 10.3 Å². The van der Waals surface area contributed by atoms with Gasteiger partial charge in [-0.15, -0.1) is 23.1 Å². The summed E-state index contributed by atoms with van der Waals surface area (Å²) < 4.78 is 26.1. The number of benzene rings is 1. The van der Waals surface area contributed by atoms with Crippen LogP contribution in [-0.2, 0) is 4.79 Å². The molecule has 0 bridgehead atoms. The Labute approximate surface area is 127 Å². The van der Waals surface area contributed by atoms with Gasteiger partial charge < -0.3 is 5.32 Å². The number of nitrogens with zero attached hydrogens (tertiary/aromatic N) is 1. The maximum absolute atomic E-state index is 13.4. The van der Waals surface area contributed by atoms with Crippen molar-refractivity contribution >= 4 is 39.9 Å². The van der Waals surface area contributed by atoms with E-state index in [9.17, 15) is 18.4 Å². The van der Waals surface area contributed by atoms with Gasteiger partial charge in [0.05, 0.1) is 5.75 Å². The number of rotatable bonds is 5. The summed E-state index contributed by atoms with van der Waals surface area (Å²) in [6.07, 6.45) is 0. The number of thioether (sulfide) groups is 1. The Morgan fingerprint density at radius 2 is 2.14 bits per heavy atom. The summed E-state index contributed by atoms with van der Waals surface area (Å²) in [6, 6.07) is 3.17. The molecular weight excluding hydrogens is 318 g/mol. The third-order valence-electron chi connectivity index (χ3n) is 2.36. The van der Waals surface area contributed by atoms with Crippen LogP contribution in [0.2, 0.25) is 0 Å². The van der Waals surface area contributed by atoms with Crippen molar-refractivity contribution in [3.05, 3.63) is 40.9 Å². The number of anilines is 1. The van der Waals surface area contributed by atoms with Gasteiger partial charge in [-0.05, 0) is 12.1 Å². The van der Waals surface area contributed by atoms with E-state index in [1.165, 1.54) is 13.0 Å². The molecule has 0 saturated carbocycles. The number of amides is 1. The molecule has 2 rings (SSSR count). The molecule has 1 aromatic carbocycles. The highest BCUT2D eigenvalue weighted by Crippen LogP contribution is 2.23. The first-order valence-corrected chi connectivity index (χ1v) is 7.66. The number of halogens is 2. The Hall–Kier alpha value is -1.80. The fourth-order valence-electron chi connectivity index (χ4n) is 1.38. The molecule has 110 valence electrons. The van der Waals surface area contributed by atoms with Gasteiger partial charge in [0, 0.05) is 23.3 Å². The molecule has 0 fully saturated rings. The van der Waals surface area contributed by atoms with Crippen molar-refractivity contribution < 1.29 is 18.4 Å². The van der Waals surface area contributed by atoms with Crippen LogP contribution in [0.25, 0.3) is 0 Å². The Kier molecular flexibility index (Phi) is 5.03. The smallest absolute Gasteiger partial charge is 0.236 e.